The van der Waals surface area contributed by atoms with Crippen molar-refractivity contribution in [2.24, 2.45) is 0 Å². The van der Waals surface area contributed by atoms with Crippen molar-refractivity contribution in [1.29, 1.82) is 0 Å². The van der Waals surface area contributed by atoms with Crippen molar-refractivity contribution in [2.75, 3.05) is 0 Å². The van der Waals surface area contributed by atoms with Gasteiger partial charge in [-0.15, -0.1) is 0 Å². The topological polar surface area (TPSA) is 23.1 Å². The van der Waals surface area contributed by atoms with Crippen LogP contribution in [0.2, 0.25) is 18.1 Å². The third-order valence-electron chi connectivity index (χ3n) is 1.93. The molecule has 0 spiro atoms. The quantitative estimate of drug-likeness (QED) is 0.530. The molecule has 0 rings (SSSR count). The van der Waals surface area contributed by atoms with Crippen LogP contribution in [0.5, 0.6) is 0 Å². The molecule has 2 heteroatoms. The van der Waals surface area contributed by atoms with Crippen LogP contribution in [0.3, 0.4) is 0 Å². The van der Waals surface area contributed by atoms with Crippen molar-refractivity contribution in [3.05, 3.63) is 0 Å². The Labute approximate surface area is 52.9 Å². The zero-order valence-electron chi connectivity index (χ0n) is 6.03. The summed E-state index contributed by atoms with van der Waals surface area (Å²) in [5.74, 6) is 0. The van der Waals surface area contributed by atoms with Crippen LogP contribution in [0.1, 0.15) is 20.8 Å². The van der Waals surface area contributed by atoms with Gasteiger partial charge in [-0.3, -0.25) is 0 Å². The second kappa shape index (κ2) is 3.25. The largest absolute Gasteiger partial charge is 0.858 e. The molecule has 1 nitrogen and oxygen atoms in total. The first kappa shape index (κ1) is 8.18. The van der Waals surface area contributed by atoms with E-state index in [1.807, 2.05) is 20.8 Å². The van der Waals surface area contributed by atoms with E-state index in [9.17, 15) is 4.80 Å². The summed E-state index contributed by atoms with van der Waals surface area (Å²) < 4.78 is 0. The molecule has 0 atom stereocenters. The lowest BCUT2D eigenvalue weighted by atomic mass is 10.9. The van der Waals surface area contributed by atoms with E-state index in [2.05, 4.69) is 0 Å². The highest BCUT2D eigenvalue weighted by atomic mass is 28.4. The standard InChI is InChI=1S/C6H15OSi/c1-4-8(7,5-2)6-3/h4-6H2,1-3H3/q-1. The molecule has 8 heavy (non-hydrogen) atoms. The van der Waals surface area contributed by atoms with Gasteiger partial charge in [0.1, 0.15) is 0 Å². The van der Waals surface area contributed by atoms with E-state index in [4.69, 9.17) is 0 Å². The summed E-state index contributed by atoms with van der Waals surface area (Å²) in [7, 11) is -1.92. The van der Waals surface area contributed by atoms with Crippen molar-refractivity contribution in [3.8, 4) is 0 Å². The summed E-state index contributed by atoms with van der Waals surface area (Å²) >= 11 is 0. The van der Waals surface area contributed by atoms with Gasteiger partial charge in [-0.25, -0.2) is 0 Å². The second-order valence-electron chi connectivity index (χ2n) is 2.24. The van der Waals surface area contributed by atoms with E-state index in [1.165, 1.54) is 0 Å². The third-order valence-corrected chi connectivity index (χ3v) is 5.80. The fourth-order valence-corrected chi connectivity index (χ4v) is 2.25. The Bertz CT molecular complexity index is 51.3. The lowest BCUT2D eigenvalue weighted by molar-refractivity contribution is -0.209. The van der Waals surface area contributed by atoms with E-state index in [-0.39, 0.29) is 0 Å². The van der Waals surface area contributed by atoms with Crippen molar-refractivity contribution >= 4 is 8.32 Å². The van der Waals surface area contributed by atoms with Crippen LogP contribution in [0.25, 0.3) is 0 Å². The average molecular weight is 131 g/mol. The van der Waals surface area contributed by atoms with Gasteiger partial charge in [0.05, 0.1) is 0 Å². The highest BCUT2D eigenvalue weighted by Gasteiger charge is 2.08. The van der Waals surface area contributed by atoms with E-state index >= 15 is 0 Å². The monoisotopic (exact) mass is 131 g/mol. The fraction of sp³-hybridized carbons (Fsp3) is 1.00. The predicted octanol–water partition coefficient (Wildman–Crippen LogP) is 1.35. The zero-order valence-corrected chi connectivity index (χ0v) is 7.03. The Morgan fingerprint density at radius 2 is 1.25 bits per heavy atom. The summed E-state index contributed by atoms with van der Waals surface area (Å²) in [6.45, 7) is 6.06. The molecule has 0 aromatic rings. The normalized spacial score (nSPS) is 12.0. The molecule has 0 N–H and O–H groups in total. The molecule has 0 aromatic heterocycles. The van der Waals surface area contributed by atoms with Crippen molar-refractivity contribution in [1.82, 2.24) is 0 Å². The SMILES string of the molecule is CC[Si]([O-])(CC)CC. The number of rotatable bonds is 3. The van der Waals surface area contributed by atoms with Crippen molar-refractivity contribution in [2.45, 2.75) is 38.9 Å². The first-order valence-corrected chi connectivity index (χ1v) is 5.92. The van der Waals surface area contributed by atoms with Gasteiger partial charge >= 0.3 is 0 Å². The highest BCUT2D eigenvalue weighted by Crippen LogP contribution is 2.11. The Hall–Kier alpha value is 0.177. The maximum atomic E-state index is 11.3. The molecular formula is C6H15OSi-. The maximum Gasteiger partial charge on any atom is -0.0472 e. The molecule has 0 radical (unpaired) electrons. The van der Waals surface area contributed by atoms with Gasteiger partial charge in [-0.1, -0.05) is 38.9 Å². The lowest BCUT2D eigenvalue weighted by Gasteiger charge is -2.35. The van der Waals surface area contributed by atoms with Gasteiger partial charge in [0.25, 0.3) is 0 Å². The maximum absolute atomic E-state index is 11.3. The molecule has 0 aliphatic carbocycles. The molecule has 0 fully saturated rings. The average Bonchev–Trinajstić information content (AvgIpc) is 1.87. The molecule has 0 aliphatic heterocycles. The second-order valence-corrected chi connectivity index (χ2v) is 6.73. The van der Waals surface area contributed by atoms with Crippen LogP contribution in [0, 0.1) is 0 Å². The molecule has 0 saturated carbocycles. The Morgan fingerprint density at radius 3 is 1.25 bits per heavy atom. The first-order valence-electron chi connectivity index (χ1n) is 3.39. The van der Waals surface area contributed by atoms with Gasteiger partial charge in [0, 0.05) is 0 Å². The van der Waals surface area contributed by atoms with Crippen LogP contribution in [0.15, 0.2) is 0 Å². The summed E-state index contributed by atoms with van der Waals surface area (Å²) in [6, 6.07) is 2.71. The van der Waals surface area contributed by atoms with Crippen LogP contribution in [0.4, 0.5) is 0 Å². The minimum absolute atomic E-state index is 0.903. The van der Waals surface area contributed by atoms with E-state index in [0.29, 0.717) is 0 Å². The molecule has 0 saturated heterocycles. The molecule has 0 aromatic carbocycles. The van der Waals surface area contributed by atoms with Gasteiger partial charge in [0.2, 0.25) is 0 Å². The smallest absolute Gasteiger partial charge is 0.0472 e. The molecule has 0 heterocycles. The van der Waals surface area contributed by atoms with Crippen LogP contribution in [-0.4, -0.2) is 8.32 Å². The minimum Gasteiger partial charge on any atom is -0.858 e. The molecule has 50 valence electrons. The summed E-state index contributed by atoms with van der Waals surface area (Å²) in [4.78, 5) is 11.3. The Kier molecular flexibility index (Phi) is 3.32. The van der Waals surface area contributed by atoms with Gasteiger partial charge in [-0.05, 0) is 8.32 Å². The van der Waals surface area contributed by atoms with Crippen LogP contribution >= 0.6 is 0 Å². The summed E-state index contributed by atoms with van der Waals surface area (Å²) in [5, 5.41) is 0. The molecule has 0 aliphatic rings. The van der Waals surface area contributed by atoms with Gasteiger partial charge in [-0.2, -0.15) is 0 Å². The zero-order chi connectivity index (χ0) is 6.62. The lowest BCUT2D eigenvalue weighted by Crippen LogP contribution is -2.47. The molecular weight excluding hydrogens is 116 g/mol. The van der Waals surface area contributed by atoms with E-state index < -0.39 is 8.32 Å². The first-order chi connectivity index (χ1) is 3.68. The summed E-state index contributed by atoms with van der Waals surface area (Å²) in [5.41, 5.74) is 0. The Balaban J connectivity index is 3.58. The summed E-state index contributed by atoms with van der Waals surface area (Å²) in [6.07, 6.45) is 0. The number of hydrogen-bond acceptors (Lipinski definition) is 1. The van der Waals surface area contributed by atoms with Gasteiger partial charge in [0.15, 0.2) is 0 Å². The number of hydrogen-bond donors (Lipinski definition) is 0. The van der Waals surface area contributed by atoms with E-state index in [0.717, 1.165) is 18.1 Å². The molecule has 0 bridgehead atoms. The molecule has 0 amide bonds. The van der Waals surface area contributed by atoms with Gasteiger partial charge < -0.3 is 4.80 Å². The third kappa shape index (κ3) is 1.97. The van der Waals surface area contributed by atoms with E-state index in [1.54, 1.807) is 0 Å². The van der Waals surface area contributed by atoms with Crippen LogP contribution in [-0.2, 0) is 0 Å². The minimum atomic E-state index is -1.92. The van der Waals surface area contributed by atoms with Crippen LogP contribution < -0.4 is 4.80 Å². The van der Waals surface area contributed by atoms with Crippen molar-refractivity contribution in [3.63, 3.8) is 0 Å². The highest BCUT2D eigenvalue weighted by molar-refractivity contribution is 6.70. The fourth-order valence-electron chi connectivity index (χ4n) is 0.750. The van der Waals surface area contributed by atoms with Crippen molar-refractivity contribution < 1.29 is 4.80 Å². The Morgan fingerprint density at radius 1 is 1.00 bits per heavy atom. The molecule has 0 unspecified atom stereocenters. The predicted molar refractivity (Wildman–Crippen MR) is 37.2 cm³/mol.